The van der Waals surface area contributed by atoms with E-state index >= 15 is 0 Å². The zero-order valence-electron chi connectivity index (χ0n) is 10.6. The van der Waals surface area contributed by atoms with Crippen LogP contribution in [0.3, 0.4) is 0 Å². The van der Waals surface area contributed by atoms with Crippen LogP contribution in [0, 0.1) is 0 Å². The Labute approximate surface area is 121 Å². The van der Waals surface area contributed by atoms with E-state index in [-0.39, 0.29) is 16.6 Å². The third kappa shape index (κ3) is 2.56. The van der Waals surface area contributed by atoms with Crippen LogP contribution in [0.2, 0.25) is 0 Å². The van der Waals surface area contributed by atoms with Gasteiger partial charge in [0.15, 0.2) is 6.23 Å². The molecule has 1 N–H and O–H groups in total. The molecule has 0 saturated heterocycles. The van der Waals surface area contributed by atoms with Crippen LogP contribution in [0.4, 0.5) is 5.69 Å². The minimum absolute atomic E-state index is 0.0194. The lowest BCUT2D eigenvalue weighted by Crippen LogP contribution is -2.34. The van der Waals surface area contributed by atoms with Crippen molar-refractivity contribution in [2.45, 2.75) is 12.8 Å². The van der Waals surface area contributed by atoms with Gasteiger partial charge in [-0.15, -0.1) is 0 Å². The van der Waals surface area contributed by atoms with Gasteiger partial charge in [0.2, 0.25) is 0 Å². The maximum Gasteiger partial charge on any atom is 0.269 e. The van der Waals surface area contributed by atoms with Crippen LogP contribution in [-0.2, 0) is 11.3 Å². The second-order valence-corrected chi connectivity index (χ2v) is 5.28. The van der Waals surface area contributed by atoms with Crippen molar-refractivity contribution < 1.29 is 9.90 Å². The maximum absolute atomic E-state index is 11.9. The fraction of sp³-hybridized carbons (Fsp3) is 0.308. The number of hydrogen-bond acceptors (Lipinski definition) is 3. The number of halogens is 2. The van der Waals surface area contributed by atoms with E-state index in [9.17, 15) is 9.90 Å². The van der Waals surface area contributed by atoms with Gasteiger partial charge in [0.25, 0.3) is 5.91 Å². The number of aliphatic hydroxyl groups is 1. The fourth-order valence-electron chi connectivity index (χ4n) is 2.01. The van der Waals surface area contributed by atoms with E-state index < -0.39 is 12.1 Å². The van der Waals surface area contributed by atoms with Crippen molar-refractivity contribution in [1.29, 1.82) is 0 Å². The molecule has 1 aliphatic heterocycles. The topological polar surface area (TPSA) is 43.8 Å². The monoisotopic (exact) mass is 300 g/mol. The van der Waals surface area contributed by atoms with Gasteiger partial charge in [0, 0.05) is 19.8 Å². The zero-order valence-corrected chi connectivity index (χ0v) is 12.1. The third-order valence-corrected chi connectivity index (χ3v) is 3.84. The number of carbonyl (C=O) groups is 1. The Morgan fingerprint density at radius 2 is 1.95 bits per heavy atom. The molecule has 19 heavy (non-hydrogen) atoms. The summed E-state index contributed by atoms with van der Waals surface area (Å²) in [7, 11) is 3.83. The molecule has 1 amide bonds. The predicted molar refractivity (Wildman–Crippen MR) is 76.1 cm³/mol. The first kappa shape index (κ1) is 14.2. The Morgan fingerprint density at radius 3 is 2.47 bits per heavy atom. The number of benzene rings is 1. The number of nitrogens with zero attached hydrogens (tertiary/aromatic N) is 2. The van der Waals surface area contributed by atoms with E-state index in [0.29, 0.717) is 0 Å². The van der Waals surface area contributed by atoms with Gasteiger partial charge in [-0.3, -0.25) is 4.79 Å². The summed E-state index contributed by atoms with van der Waals surface area (Å²) in [6.45, 7) is 0.251. The summed E-state index contributed by atoms with van der Waals surface area (Å²) >= 11 is 11.6. The number of carbonyl (C=O) groups excluding carboxylic acids is 1. The summed E-state index contributed by atoms with van der Waals surface area (Å²) in [5, 5.41) is 9.77. The molecular weight excluding hydrogens is 287 g/mol. The van der Waals surface area contributed by atoms with Crippen molar-refractivity contribution in [2.75, 3.05) is 19.0 Å². The van der Waals surface area contributed by atoms with E-state index in [2.05, 4.69) is 0 Å². The molecule has 1 heterocycles. The second-order valence-electron chi connectivity index (χ2n) is 4.49. The van der Waals surface area contributed by atoms with Crippen molar-refractivity contribution in [1.82, 2.24) is 4.90 Å². The highest BCUT2D eigenvalue weighted by molar-refractivity contribution is 6.49. The molecule has 6 heteroatoms. The number of rotatable bonds is 3. The molecule has 1 atom stereocenters. The molecule has 4 nitrogen and oxygen atoms in total. The molecule has 1 aliphatic rings. The summed E-state index contributed by atoms with van der Waals surface area (Å²) in [4.78, 5) is 15.1. The third-order valence-electron chi connectivity index (χ3n) is 2.99. The highest BCUT2D eigenvalue weighted by atomic mass is 35.5. The summed E-state index contributed by atoms with van der Waals surface area (Å²) < 4.78 is 0. The number of aliphatic hydroxyl groups excluding tert-OH is 1. The quantitative estimate of drug-likeness (QED) is 0.930. The molecular formula is C13H14Cl2N2O2. The average Bonchev–Trinajstić information content (AvgIpc) is 2.57. The molecule has 1 unspecified atom stereocenters. The number of amides is 1. The van der Waals surface area contributed by atoms with Crippen molar-refractivity contribution in [3.63, 3.8) is 0 Å². The predicted octanol–water partition coefficient (Wildman–Crippen LogP) is 2.10. The van der Waals surface area contributed by atoms with E-state index in [0.717, 1.165) is 11.3 Å². The SMILES string of the molecule is CN(C)c1ccccc1CN1C(=O)C(Cl)=C(Cl)C1O. The Morgan fingerprint density at radius 1 is 1.32 bits per heavy atom. The first-order valence-electron chi connectivity index (χ1n) is 5.73. The number of para-hydroxylation sites is 1. The molecule has 1 aromatic carbocycles. The highest BCUT2D eigenvalue weighted by Gasteiger charge is 2.36. The molecule has 0 aliphatic carbocycles. The molecule has 0 spiro atoms. The lowest BCUT2D eigenvalue weighted by molar-refractivity contribution is -0.132. The van der Waals surface area contributed by atoms with Crippen molar-refractivity contribution in [3.8, 4) is 0 Å². The van der Waals surface area contributed by atoms with Crippen LogP contribution in [0.15, 0.2) is 34.3 Å². The molecule has 0 aromatic heterocycles. The van der Waals surface area contributed by atoms with Gasteiger partial charge in [0.1, 0.15) is 5.03 Å². The minimum atomic E-state index is -1.17. The summed E-state index contributed by atoms with van der Waals surface area (Å²) in [5.41, 5.74) is 1.89. The molecule has 0 bridgehead atoms. The summed E-state index contributed by atoms with van der Waals surface area (Å²) in [5.74, 6) is -0.451. The smallest absolute Gasteiger partial charge is 0.269 e. The number of hydrogen-bond donors (Lipinski definition) is 1. The number of anilines is 1. The first-order valence-corrected chi connectivity index (χ1v) is 6.48. The fourth-order valence-corrected chi connectivity index (χ4v) is 2.42. The van der Waals surface area contributed by atoms with Gasteiger partial charge in [-0.05, 0) is 11.6 Å². The van der Waals surface area contributed by atoms with Crippen LogP contribution in [0.5, 0.6) is 0 Å². The van der Waals surface area contributed by atoms with Gasteiger partial charge >= 0.3 is 0 Å². The molecule has 1 aromatic rings. The largest absolute Gasteiger partial charge is 0.377 e. The standard InChI is InChI=1S/C13H14Cl2N2O2/c1-16(2)9-6-4-3-5-8(9)7-17-12(18)10(14)11(15)13(17)19/h3-6,12,18H,7H2,1-2H3. The Balaban J connectivity index is 2.27. The molecule has 2 rings (SSSR count). The lowest BCUT2D eigenvalue weighted by Gasteiger charge is -2.24. The molecule has 0 fully saturated rings. The van der Waals surface area contributed by atoms with Crippen LogP contribution < -0.4 is 4.90 Å². The molecule has 0 radical (unpaired) electrons. The van der Waals surface area contributed by atoms with Crippen LogP contribution in [0.1, 0.15) is 5.56 Å². The first-order chi connectivity index (χ1) is 8.93. The highest BCUT2D eigenvalue weighted by Crippen LogP contribution is 2.32. The Bertz CT molecular complexity index is 543. The van der Waals surface area contributed by atoms with Crippen molar-refractivity contribution >= 4 is 34.8 Å². The second kappa shape index (κ2) is 5.41. The molecule has 0 saturated carbocycles. The van der Waals surface area contributed by atoms with E-state index in [1.165, 1.54) is 4.90 Å². The average molecular weight is 301 g/mol. The van der Waals surface area contributed by atoms with Crippen molar-refractivity contribution in [3.05, 3.63) is 39.9 Å². The van der Waals surface area contributed by atoms with Crippen molar-refractivity contribution in [2.24, 2.45) is 0 Å². The van der Waals surface area contributed by atoms with Gasteiger partial charge in [-0.2, -0.15) is 0 Å². The van der Waals surface area contributed by atoms with Gasteiger partial charge in [0.05, 0.1) is 11.6 Å². The van der Waals surface area contributed by atoms with Crippen LogP contribution in [-0.4, -0.2) is 36.2 Å². The van der Waals surface area contributed by atoms with Gasteiger partial charge in [-0.25, -0.2) is 0 Å². The normalized spacial score (nSPS) is 19.3. The Kier molecular flexibility index (Phi) is 4.04. The summed E-state index contributed by atoms with van der Waals surface area (Å²) in [6.07, 6.45) is -1.17. The summed E-state index contributed by atoms with van der Waals surface area (Å²) in [6, 6.07) is 7.64. The van der Waals surface area contributed by atoms with E-state index in [1.807, 2.05) is 43.3 Å². The lowest BCUT2D eigenvalue weighted by atomic mass is 10.1. The van der Waals surface area contributed by atoms with E-state index in [1.54, 1.807) is 0 Å². The van der Waals surface area contributed by atoms with Crippen LogP contribution in [0.25, 0.3) is 0 Å². The van der Waals surface area contributed by atoms with Gasteiger partial charge in [-0.1, -0.05) is 41.4 Å². The van der Waals surface area contributed by atoms with Gasteiger partial charge < -0.3 is 14.9 Å². The Hall–Kier alpha value is -1.23. The van der Waals surface area contributed by atoms with Crippen LogP contribution >= 0.6 is 23.2 Å². The van der Waals surface area contributed by atoms with E-state index in [4.69, 9.17) is 23.2 Å². The minimum Gasteiger partial charge on any atom is -0.377 e. The zero-order chi connectivity index (χ0) is 14.2. The molecule has 102 valence electrons. The maximum atomic E-state index is 11.9.